The van der Waals surface area contributed by atoms with E-state index in [4.69, 9.17) is 8.07 Å². The monoisotopic (exact) mass is 602 g/mol. The van der Waals surface area contributed by atoms with Crippen molar-refractivity contribution in [3.8, 4) is 0 Å². The van der Waals surface area contributed by atoms with Gasteiger partial charge < -0.3 is 0 Å². The molecule has 0 radical (unpaired) electrons. The third-order valence-electron chi connectivity index (χ3n) is 6.86. The van der Waals surface area contributed by atoms with Gasteiger partial charge in [-0.2, -0.15) is 0 Å². The molecule has 1 N–H and O–H groups in total. The van der Waals surface area contributed by atoms with Gasteiger partial charge in [0.1, 0.15) is 0 Å². The van der Waals surface area contributed by atoms with Crippen LogP contribution in [0.4, 0.5) is 0 Å². The Morgan fingerprint density at radius 1 is 1.00 bits per heavy atom. The molecule has 0 aliphatic carbocycles. The van der Waals surface area contributed by atoms with Gasteiger partial charge in [-0.3, -0.25) is 0 Å². The maximum atomic E-state index is 13.9. The summed E-state index contributed by atoms with van der Waals surface area (Å²) in [6, 6.07) is 11.9. The number of unbranched alkanes of at least 4 members (excludes halogenated alkanes) is 3. The van der Waals surface area contributed by atoms with Crippen molar-refractivity contribution in [2.24, 2.45) is 4.99 Å². The van der Waals surface area contributed by atoms with Crippen molar-refractivity contribution in [1.82, 2.24) is 4.98 Å². The van der Waals surface area contributed by atoms with Crippen molar-refractivity contribution >= 4 is 52.7 Å². The first-order valence-electron chi connectivity index (χ1n) is 13.4. The van der Waals surface area contributed by atoms with Gasteiger partial charge in [0.25, 0.3) is 0 Å². The van der Waals surface area contributed by atoms with Crippen molar-refractivity contribution in [2.45, 2.75) is 92.0 Å². The third kappa shape index (κ3) is 7.94. The molecule has 0 spiro atoms. The normalized spacial score (nSPS) is 13.3. The Kier molecular flexibility index (Phi) is 11.4. The van der Waals surface area contributed by atoms with Gasteiger partial charge in [-0.05, 0) is 0 Å². The van der Waals surface area contributed by atoms with Crippen LogP contribution in [0.1, 0.15) is 76.7 Å². The maximum absolute atomic E-state index is 13.9. The molecule has 4 nitrogen and oxygen atoms in total. The molecule has 0 bridgehead atoms. The number of nitrogens with zero attached hydrogens (tertiary/aromatic N) is 1. The Balaban J connectivity index is 1.93. The fraction of sp³-hybridized carbons (Fsp3) is 0.517. The van der Waals surface area contributed by atoms with Gasteiger partial charge in [0.2, 0.25) is 0 Å². The second-order valence-corrected chi connectivity index (χ2v) is 22.3. The van der Waals surface area contributed by atoms with Crippen LogP contribution in [0.3, 0.4) is 0 Å². The molecule has 0 aliphatic rings. The molecule has 6 heteroatoms. The average molecular weight is 601 g/mol. The number of hydrogen-bond acceptors (Lipinski definition) is 4. The molecule has 35 heavy (non-hydrogen) atoms. The fourth-order valence-electron chi connectivity index (χ4n) is 4.78. The summed E-state index contributed by atoms with van der Waals surface area (Å²) in [4.78, 5) is 23.4. The van der Waals surface area contributed by atoms with E-state index in [9.17, 15) is 4.79 Å². The number of aromatic nitrogens is 1. The summed E-state index contributed by atoms with van der Waals surface area (Å²) in [5.74, 6) is -0.0923. The summed E-state index contributed by atoms with van der Waals surface area (Å²) in [5, 5.41) is 3.22. The minimum atomic E-state index is -3.10. The molecular weight excluding hydrogens is 559 g/mol. The van der Waals surface area contributed by atoms with Crippen LogP contribution >= 0.6 is 11.3 Å². The van der Waals surface area contributed by atoms with E-state index in [2.05, 4.69) is 55.4 Å². The minimum absolute atomic E-state index is 0.0923. The summed E-state index contributed by atoms with van der Waals surface area (Å²) in [5.41, 5.74) is 3.14. The summed E-state index contributed by atoms with van der Waals surface area (Å²) in [6.07, 6.45) is 9.56. The molecule has 0 fully saturated rings. The number of thiophene rings is 1. The zero-order chi connectivity index (χ0) is 25.1. The van der Waals surface area contributed by atoms with Crippen molar-refractivity contribution in [3.05, 3.63) is 58.4 Å². The van der Waals surface area contributed by atoms with Crippen LogP contribution in [0.5, 0.6) is 0 Å². The number of aliphatic imine (C=N–C) groups is 1. The molecule has 0 amide bonds. The van der Waals surface area contributed by atoms with Gasteiger partial charge in [-0.25, -0.2) is 0 Å². The molecule has 0 saturated carbocycles. The number of fused-ring (bicyclic) bond motifs is 1. The second kappa shape index (κ2) is 14.2. The molecule has 1 atom stereocenters. The topological polar surface area (TPSA) is 54.5 Å². The first kappa shape index (κ1) is 28.0. The number of para-hydroxylation sites is 1. The van der Waals surface area contributed by atoms with Gasteiger partial charge in [-0.15, -0.1) is 0 Å². The van der Waals surface area contributed by atoms with Gasteiger partial charge in [0.05, 0.1) is 0 Å². The van der Waals surface area contributed by atoms with Crippen molar-refractivity contribution in [2.75, 3.05) is 0 Å². The van der Waals surface area contributed by atoms with Crippen LogP contribution in [0.25, 0.3) is 10.9 Å². The van der Waals surface area contributed by atoms with Gasteiger partial charge >= 0.3 is 221 Å². The molecule has 190 valence electrons. The van der Waals surface area contributed by atoms with E-state index in [1.54, 1.807) is 11.3 Å². The number of carbonyl (C=O) groups excluding carboxylic acids is 1. The van der Waals surface area contributed by atoms with Crippen LogP contribution in [-0.2, 0) is 14.3 Å². The van der Waals surface area contributed by atoms with Crippen LogP contribution in [0.2, 0.25) is 13.3 Å². The number of hydrogen-bond donors (Lipinski definition) is 1. The predicted molar refractivity (Wildman–Crippen MR) is 153 cm³/mol. The van der Waals surface area contributed by atoms with E-state index in [1.807, 2.05) is 25.3 Å². The van der Waals surface area contributed by atoms with E-state index < -0.39 is 24.8 Å². The van der Waals surface area contributed by atoms with E-state index in [0.29, 0.717) is 6.42 Å². The quantitative estimate of drug-likeness (QED) is 0.140. The van der Waals surface area contributed by atoms with Crippen LogP contribution < -0.4 is 0 Å². The Labute approximate surface area is 220 Å². The summed E-state index contributed by atoms with van der Waals surface area (Å²) >= 11 is -1.43. The number of benzene rings is 1. The SMILES string of the molecule is CCC[CH2][Sn]([CH2]CCC)([CH2]CCC)[O]C(=O)C(Cc1c[nH]c2ccccc12)N=C(C)c1cccs1. The molecule has 1 unspecified atom stereocenters. The Morgan fingerprint density at radius 2 is 1.66 bits per heavy atom. The van der Waals surface area contributed by atoms with Gasteiger partial charge in [0.15, 0.2) is 0 Å². The van der Waals surface area contributed by atoms with Crippen molar-refractivity contribution in [1.29, 1.82) is 0 Å². The summed E-state index contributed by atoms with van der Waals surface area (Å²) in [7, 11) is 0. The van der Waals surface area contributed by atoms with E-state index in [1.165, 1.54) is 19.3 Å². The van der Waals surface area contributed by atoms with E-state index in [-0.39, 0.29) is 5.97 Å². The molecule has 0 saturated heterocycles. The Bertz CT molecular complexity index is 1050. The van der Waals surface area contributed by atoms with Gasteiger partial charge in [-0.1, -0.05) is 0 Å². The third-order valence-corrected chi connectivity index (χ3v) is 20.5. The van der Waals surface area contributed by atoms with Crippen molar-refractivity contribution < 1.29 is 7.87 Å². The van der Waals surface area contributed by atoms with Gasteiger partial charge in [0, 0.05) is 0 Å². The molecule has 2 heterocycles. The average Bonchev–Trinajstić information content (AvgIpc) is 3.55. The zero-order valence-electron chi connectivity index (χ0n) is 21.9. The Morgan fingerprint density at radius 3 is 2.26 bits per heavy atom. The van der Waals surface area contributed by atoms with Crippen LogP contribution in [-0.4, -0.2) is 41.5 Å². The molecule has 3 rings (SSSR count). The van der Waals surface area contributed by atoms with Crippen LogP contribution in [0.15, 0.2) is 53.0 Å². The molecule has 2 aromatic heterocycles. The second-order valence-electron chi connectivity index (χ2n) is 9.69. The van der Waals surface area contributed by atoms with E-state index in [0.717, 1.165) is 59.6 Å². The Hall–Kier alpha value is -1.60. The first-order valence-corrected chi connectivity index (χ1v) is 21.5. The number of carbonyl (C=O) groups is 1. The number of rotatable bonds is 15. The number of aromatic amines is 1. The van der Waals surface area contributed by atoms with E-state index >= 15 is 0 Å². The fourth-order valence-corrected chi connectivity index (χ4v) is 18.6. The summed E-state index contributed by atoms with van der Waals surface area (Å²) in [6.45, 7) is 8.74. The molecule has 3 aromatic rings. The molecular formula is C29H42N2O2SSn. The predicted octanol–water partition coefficient (Wildman–Crippen LogP) is 8.54. The number of H-pyrrole nitrogens is 1. The molecule has 0 aliphatic heterocycles. The molecule has 1 aromatic carbocycles. The standard InChI is InChI=1S/C17H16N2O2S.3C4H9.Sn/c1-11(16-7-4-8-22-16)19-15(17(20)21)9-12-10-18-14-6-3-2-5-13(12)14;3*1-3-4-2;/h2-8,10,15,18H,9H2,1H3,(H,20,21);3*1,3-4H2,2H3;/q;;;;+1/p-1. The van der Waals surface area contributed by atoms with Crippen molar-refractivity contribution in [3.63, 3.8) is 0 Å². The number of nitrogens with one attached hydrogen (secondary N) is 1. The first-order chi connectivity index (χ1) is 17.0. The summed E-state index contributed by atoms with van der Waals surface area (Å²) < 4.78 is 10.2. The van der Waals surface area contributed by atoms with Crippen LogP contribution in [0, 0.1) is 0 Å². The zero-order valence-corrected chi connectivity index (χ0v) is 25.6.